The van der Waals surface area contributed by atoms with Gasteiger partial charge in [0.15, 0.2) is 0 Å². The van der Waals surface area contributed by atoms with Gasteiger partial charge in [-0.15, -0.1) is 0 Å². The third-order valence-electron chi connectivity index (χ3n) is 3.55. The molecule has 0 aliphatic rings. The third-order valence-corrected chi connectivity index (χ3v) is 3.55. The fraction of sp³-hybridized carbons (Fsp3) is 0.250. The Morgan fingerprint density at radius 1 is 1.04 bits per heavy atom. The number of carbonyl (C=O) groups excluding carboxylic acids is 1. The molecular weight excluding hydrogens is 318 g/mol. The lowest BCUT2D eigenvalue weighted by Gasteiger charge is -2.08. The van der Waals surface area contributed by atoms with Crippen LogP contribution in [0.25, 0.3) is 6.08 Å². The number of ether oxygens (including phenoxy) is 3. The Morgan fingerprint density at radius 3 is 2.44 bits per heavy atom. The van der Waals surface area contributed by atoms with Crippen molar-refractivity contribution in [3.63, 3.8) is 0 Å². The Balaban J connectivity index is 1.79. The van der Waals surface area contributed by atoms with E-state index in [1.165, 1.54) is 11.6 Å². The molecule has 1 N–H and O–H groups in total. The van der Waals surface area contributed by atoms with Crippen molar-refractivity contribution in [2.45, 2.75) is 6.92 Å². The maximum atomic E-state index is 11.9. The fourth-order valence-electron chi connectivity index (χ4n) is 2.16. The minimum Gasteiger partial charge on any atom is -0.497 e. The van der Waals surface area contributed by atoms with Gasteiger partial charge in [0.05, 0.1) is 20.8 Å². The molecule has 1 amide bonds. The van der Waals surface area contributed by atoms with Crippen molar-refractivity contribution in [2.75, 3.05) is 27.4 Å². The van der Waals surface area contributed by atoms with Gasteiger partial charge < -0.3 is 19.5 Å². The second-order valence-electron chi connectivity index (χ2n) is 5.39. The highest BCUT2D eigenvalue weighted by atomic mass is 16.5. The molecule has 0 aliphatic carbocycles. The van der Waals surface area contributed by atoms with Crippen molar-refractivity contribution in [2.24, 2.45) is 0 Å². The first kappa shape index (κ1) is 18.4. The van der Waals surface area contributed by atoms with Crippen LogP contribution in [0, 0.1) is 6.92 Å². The standard InChI is InChI=1S/C20H23NO4/c1-15-4-8-17(9-5-15)25-13-12-21-20(22)11-7-16-6-10-18(23-2)14-19(16)24-3/h4-11,14H,12-13H2,1-3H3,(H,21,22). The van der Waals surface area contributed by atoms with Crippen molar-refractivity contribution < 1.29 is 19.0 Å². The van der Waals surface area contributed by atoms with Crippen LogP contribution in [0.3, 0.4) is 0 Å². The first-order valence-electron chi connectivity index (χ1n) is 8.00. The number of nitrogens with one attached hydrogen (secondary N) is 1. The number of hydrogen-bond donors (Lipinski definition) is 1. The van der Waals surface area contributed by atoms with Crippen LogP contribution >= 0.6 is 0 Å². The van der Waals surface area contributed by atoms with E-state index in [1.54, 1.807) is 26.4 Å². The SMILES string of the molecule is COc1ccc(C=CC(=O)NCCOc2ccc(C)cc2)c(OC)c1. The van der Waals surface area contributed by atoms with Crippen LogP contribution in [-0.2, 0) is 4.79 Å². The molecule has 0 saturated heterocycles. The van der Waals surface area contributed by atoms with Crippen LogP contribution in [-0.4, -0.2) is 33.3 Å². The molecule has 132 valence electrons. The largest absolute Gasteiger partial charge is 0.497 e. The minimum atomic E-state index is -0.189. The molecule has 0 spiro atoms. The van der Waals surface area contributed by atoms with Gasteiger partial charge in [-0.1, -0.05) is 17.7 Å². The summed E-state index contributed by atoms with van der Waals surface area (Å²) in [6.07, 6.45) is 3.17. The molecule has 0 atom stereocenters. The Labute approximate surface area is 148 Å². The number of benzene rings is 2. The van der Waals surface area contributed by atoms with Gasteiger partial charge in [0.25, 0.3) is 0 Å². The zero-order valence-electron chi connectivity index (χ0n) is 14.7. The van der Waals surface area contributed by atoms with Gasteiger partial charge in [0.2, 0.25) is 5.91 Å². The highest BCUT2D eigenvalue weighted by Gasteiger charge is 2.03. The van der Waals surface area contributed by atoms with Crippen molar-refractivity contribution in [3.05, 3.63) is 59.7 Å². The molecule has 2 aromatic carbocycles. The van der Waals surface area contributed by atoms with Gasteiger partial charge >= 0.3 is 0 Å². The first-order chi connectivity index (χ1) is 12.1. The summed E-state index contributed by atoms with van der Waals surface area (Å²) in [4.78, 5) is 11.9. The summed E-state index contributed by atoms with van der Waals surface area (Å²) < 4.78 is 16.0. The van der Waals surface area contributed by atoms with E-state index in [9.17, 15) is 4.79 Å². The summed E-state index contributed by atoms with van der Waals surface area (Å²) in [5, 5.41) is 2.78. The van der Waals surface area contributed by atoms with Gasteiger partial charge in [-0.3, -0.25) is 4.79 Å². The molecule has 0 saturated carbocycles. The van der Waals surface area contributed by atoms with Crippen LogP contribution in [0.2, 0.25) is 0 Å². The number of methoxy groups -OCH3 is 2. The van der Waals surface area contributed by atoms with Crippen molar-refractivity contribution in [1.82, 2.24) is 5.32 Å². The molecule has 0 aromatic heterocycles. The Bertz CT molecular complexity index is 723. The highest BCUT2D eigenvalue weighted by molar-refractivity contribution is 5.92. The number of hydrogen-bond acceptors (Lipinski definition) is 4. The number of rotatable bonds is 8. The van der Waals surface area contributed by atoms with Gasteiger partial charge in [0, 0.05) is 17.7 Å². The fourth-order valence-corrected chi connectivity index (χ4v) is 2.16. The molecule has 0 fully saturated rings. The third kappa shape index (κ3) is 5.88. The van der Waals surface area contributed by atoms with Crippen LogP contribution in [0.5, 0.6) is 17.2 Å². The average Bonchev–Trinajstić information content (AvgIpc) is 2.64. The van der Waals surface area contributed by atoms with Gasteiger partial charge in [-0.2, -0.15) is 0 Å². The maximum Gasteiger partial charge on any atom is 0.244 e. The van der Waals surface area contributed by atoms with E-state index in [4.69, 9.17) is 14.2 Å². The second-order valence-corrected chi connectivity index (χ2v) is 5.39. The van der Waals surface area contributed by atoms with E-state index in [2.05, 4.69) is 5.32 Å². The van der Waals surface area contributed by atoms with Crippen LogP contribution in [0.4, 0.5) is 0 Å². The predicted octanol–water partition coefficient (Wildman–Crippen LogP) is 3.22. The number of carbonyl (C=O) groups is 1. The van der Waals surface area contributed by atoms with E-state index in [1.807, 2.05) is 43.3 Å². The van der Waals surface area contributed by atoms with E-state index in [0.29, 0.717) is 24.7 Å². The Kier molecular flexibility index (Phi) is 6.89. The number of aryl methyl sites for hydroxylation is 1. The maximum absolute atomic E-state index is 11.9. The highest BCUT2D eigenvalue weighted by Crippen LogP contribution is 2.25. The summed E-state index contributed by atoms with van der Waals surface area (Å²) >= 11 is 0. The molecule has 2 aromatic rings. The summed E-state index contributed by atoms with van der Waals surface area (Å²) in [6.45, 7) is 2.86. The zero-order valence-corrected chi connectivity index (χ0v) is 14.7. The number of amides is 1. The summed E-state index contributed by atoms with van der Waals surface area (Å²) in [5.41, 5.74) is 1.98. The summed E-state index contributed by atoms with van der Waals surface area (Å²) in [6, 6.07) is 13.2. The Hall–Kier alpha value is -2.95. The normalized spacial score (nSPS) is 10.5. The minimum absolute atomic E-state index is 0.189. The topological polar surface area (TPSA) is 56.8 Å². The monoisotopic (exact) mass is 341 g/mol. The summed E-state index contributed by atoms with van der Waals surface area (Å²) in [5.74, 6) is 1.95. The van der Waals surface area contributed by atoms with E-state index >= 15 is 0 Å². The quantitative estimate of drug-likeness (QED) is 0.592. The van der Waals surface area contributed by atoms with E-state index in [-0.39, 0.29) is 5.91 Å². The molecule has 5 nitrogen and oxygen atoms in total. The van der Waals surface area contributed by atoms with Gasteiger partial charge in [-0.25, -0.2) is 0 Å². The second kappa shape index (κ2) is 9.37. The summed E-state index contributed by atoms with van der Waals surface area (Å²) in [7, 11) is 3.17. The molecule has 0 unspecified atom stereocenters. The molecule has 5 heteroatoms. The lowest BCUT2D eigenvalue weighted by atomic mass is 10.1. The molecule has 25 heavy (non-hydrogen) atoms. The molecule has 0 aliphatic heterocycles. The molecule has 0 radical (unpaired) electrons. The van der Waals surface area contributed by atoms with Crippen LogP contribution < -0.4 is 19.5 Å². The van der Waals surface area contributed by atoms with Crippen molar-refractivity contribution in [1.29, 1.82) is 0 Å². The molecule has 0 heterocycles. The smallest absolute Gasteiger partial charge is 0.244 e. The lowest BCUT2D eigenvalue weighted by Crippen LogP contribution is -2.26. The molecule has 2 rings (SSSR count). The van der Waals surface area contributed by atoms with Crippen LogP contribution in [0.15, 0.2) is 48.5 Å². The molecule has 0 bridgehead atoms. The first-order valence-corrected chi connectivity index (χ1v) is 8.00. The van der Waals surface area contributed by atoms with E-state index in [0.717, 1.165) is 11.3 Å². The lowest BCUT2D eigenvalue weighted by molar-refractivity contribution is -0.116. The van der Waals surface area contributed by atoms with Crippen LogP contribution in [0.1, 0.15) is 11.1 Å². The average molecular weight is 341 g/mol. The molecular formula is C20H23NO4. The van der Waals surface area contributed by atoms with Crippen molar-refractivity contribution in [3.8, 4) is 17.2 Å². The van der Waals surface area contributed by atoms with E-state index < -0.39 is 0 Å². The Morgan fingerprint density at radius 2 is 1.76 bits per heavy atom. The van der Waals surface area contributed by atoms with Gasteiger partial charge in [-0.05, 0) is 37.3 Å². The zero-order chi connectivity index (χ0) is 18.1. The predicted molar refractivity (Wildman–Crippen MR) is 98.3 cm³/mol. The van der Waals surface area contributed by atoms with Gasteiger partial charge in [0.1, 0.15) is 23.9 Å². The van der Waals surface area contributed by atoms with Crippen molar-refractivity contribution >= 4 is 12.0 Å².